The van der Waals surface area contributed by atoms with Crippen molar-refractivity contribution >= 4 is 17.6 Å². The molecule has 0 atom stereocenters. The first kappa shape index (κ1) is 20.7. The lowest BCUT2D eigenvalue weighted by molar-refractivity contribution is 0.0951. The highest BCUT2D eigenvalue weighted by Crippen LogP contribution is 2.24. The Morgan fingerprint density at radius 3 is 2.28 bits per heavy atom. The molecular formula is C23H29N3O3. The highest BCUT2D eigenvalue weighted by molar-refractivity contribution is 5.94. The standard InChI is InChI=1S/C23H29N3O3/c1-16(2)25-23(28)26-19-11-7-17(8-12-19)15-24-22(27)18-9-13-21(14-10-18)29-20-5-3-4-6-20/h7-14,16,20H,3-6,15H2,1-2H3,(H,24,27)(H2,25,26,28). The summed E-state index contributed by atoms with van der Waals surface area (Å²) >= 11 is 0. The summed E-state index contributed by atoms with van der Waals surface area (Å²) in [6, 6.07) is 14.5. The number of nitrogens with one attached hydrogen (secondary N) is 3. The summed E-state index contributed by atoms with van der Waals surface area (Å²) in [7, 11) is 0. The number of hydrogen-bond donors (Lipinski definition) is 3. The van der Waals surface area contributed by atoms with E-state index in [0.29, 0.717) is 23.9 Å². The zero-order chi connectivity index (χ0) is 20.6. The van der Waals surface area contributed by atoms with Gasteiger partial charge in [0.05, 0.1) is 6.10 Å². The number of benzene rings is 2. The molecule has 3 rings (SSSR count). The van der Waals surface area contributed by atoms with Crippen molar-refractivity contribution in [1.82, 2.24) is 10.6 Å². The Balaban J connectivity index is 1.46. The van der Waals surface area contributed by atoms with E-state index in [9.17, 15) is 9.59 Å². The van der Waals surface area contributed by atoms with Crippen LogP contribution in [-0.2, 0) is 6.54 Å². The number of ether oxygens (including phenoxy) is 1. The van der Waals surface area contributed by atoms with Gasteiger partial charge >= 0.3 is 6.03 Å². The van der Waals surface area contributed by atoms with Gasteiger partial charge in [0.25, 0.3) is 5.91 Å². The van der Waals surface area contributed by atoms with Crippen molar-refractivity contribution in [3.8, 4) is 5.75 Å². The first-order valence-corrected chi connectivity index (χ1v) is 10.2. The normalized spacial score (nSPS) is 13.9. The highest BCUT2D eigenvalue weighted by Gasteiger charge is 2.16. The average molecular weight is 396 g/mol. The van der Waals surface area contributed by atoms with Gasteiger partial charge in [-0.15, -0.1) is 0 Å². The van der Waals surface area contributed by atoms with E-state index in [1.165, 1.54) is 12.8 Å². The number of amides is 3. The minimum Gasteiger partial charge on any atom is -0.490 e. The zero-order valence-corrected chi connectivity index (χ0v) is 17.0. The molecule has 0 bridgehead atoms. The largest absolute Gasteiger partial charge is 0.490 e. The van der Waals surface area contributed by atoms with E-state index in [0.717, 1.165) is 24.2 Å². The predicted octanol–water partition coefficient (Wildman–Crippen LogP) is 4.47. The summed E-state index contributed by atoms with van der Waals surface area (Å²) in [5.74, 6) is 0.689. The van der Waals surface area contributed by atoms with Crippen LogP contribution >= 0.6 is 0 Å². The first-order valence-electron chi connectivity index (χ1n) is 10.2. The maximum absolute atomic E-state index is 12.4. The summed E-state index contributed by atoms with van der Waals surface area (Å²) in [5.41, 5.74) is 2.26. The van der Waals surface area contributed by atoms with Gasteiger partial charge in [-0.2, -0.15) is 0 Å². The lowest BCUT2D eigenvalue weighted by Crippen LogP contribution is -2.34. The number of carbonyl (C=O) groups is 2. The van der Waals surface area contributed by atoms with E-state index in [1.54, 1.807) is 12.1 Å². The lowest BCUT2D eigenvalue weighted by atomic mass is 10.1. The number of carbonyl (C=O) groups excluding carboxylic acids is 2. The van der Waals surface area contributed by atoms with E-state index < -0.39 is 0 Å². The molecule has 1 aliphatic rings. The summed E-state index contributed by atoms with van der Waals surface area (Å²) in [6.07, 6.45) is 4.99. The van der Waals surface area contributed by atoms with Crippen molar-refractivity contribution in [2.75, 3.05) is 5.32 Å². The van der Waals surface area contributed by atoms with Crippen LogP contribution in [-0.4, -0.2) is 24.1 Å². The molecule has 6 nitrogen and oxygen atoms in total. The molecule has 2 aromatic rings. The Hall–Kier alpha value is -3.02. The second-order valence-corrected chi connectivity index (χ2v) is 7.68. The van der Waals surface area contributed by atoms with Crippen molar-refractivity contribution in [1.29, 1.82) is 0 Å². The van der Waals surface area contributed by atoms with E-state index in [-0.39, 0.29) is 18.0 Å². The minimum atomic E-state index is -0.235. The van der Waals surface area contributed by atoms with Gasteiger partial charge in [0.2, 0.25) is 0 Å². The van der Waals surface area contributed by atoms with Crippen molar-refractivity contribution in [3.05, 3.63) is 59.7 Å². The zero-order valence-electron chi connectivity index (χ0n) is 17.0. The lowest BCUT2D eigenvalue weighted by Gasteiger charge is -2.13. The van der Waals surface area contributed by atoms with Crippen LogP contribution in [0.4, 0.5) is 10.5 Å². The smallest absolute Gasteiger partial charge is 0.319 e. The molecular weight excluding hydrogens is 366 g/mol. The van der Waals surface area contributed by atoms with Crippen LogP contribution in [0.3, 0.4) is 0 Å². The van der Waals surface area contributed by atoms with E-state index >= 15 is 0 Å². The Morgan fingerprint density at radius 2 is 1.66 bits per heavy atom. The molecule has 6 heteroatoms. The Labute approximate surface area is 172 Å². The van der Waals surface area contributed by atoms with Gasteiger partial charge < -0.3 is 20.7 Å². The van der Waals surface area contributed by atoms with Crippen LogP contribution in [0.25, 0.3) is 0 Å². The fraction of sp³-hybridized carbons (Fsp3) is 0.391. The number of hydrogen-bond acceptors (Lipinski definition) is 3. The fourth-order valence-corrected chi connectivity index (χ4v) is 3.30. The minimum absolute atomic E-state index is 0.0767. The van der Waals surface area contributed by atoms with E-state index in [1.807, 2.05) is 50.2 Å². The summed E-state index contributed by atoms with van der Waals surface area (Å²) in [4.78, 5) is 24.1. The predicted molar refractivity (Wildman–Crippen MR) is 114 cm³/mol. The number of anilines is 1. The van der Waals surface area contributed by atoms with Crippen molar-refractivity contribution in [3.63, 3.8) is 0 Å². The van der Waals surface area contributed by atoms with Crippen LogP contribution in [0.1, 0.15) is 55.5 Å². The maximum Gasteiger partial charge on any atom is 0.319 e. The number of urea groups is 1. The third-order valence-corrected chi connectivity index (χ3v) is 4.81. The Morgan fingerprint density at radius 1 is 1.00 bits per heavy atom. The quantitative estimate of drug-likeness (QED) is 0.647. The van der Waals surface area contributed by atoms with Crippen molar-refractivity contribution < 1.29 is 14.3 Å². The van der Waals surface area contributed by atoms with Gasteiger partial charge in [-0.1, -0.05) is 12.1 Å². The second-order valence-electron chi connectivity index (χ2n) is 7.68. The first-order chi connectivity index (χ1) is 14.0. The molecule has 0 radical (unpaired) electrons. The molecule has 29 heavy (non-hydrogen) atoms. The van der Waals surface area contributed by atoms with Crippen LogP contribution in [0, 0.1) is 0 Å². The maximum atomic E-state index is 12.4. The van der Waals surface area contributed by atoms with Gasteiger partial charge in [-0.05, 0) is 81.5 Å². The second kappa shape index (κ2) is 9.96. The SMILES string of the molecule is CC(C)NC(=O)Nc1ccc(CNC(=O)c2ccc(OC3CCCC3)cc2)cc1. The molecule has 2 aromatic carbocycles. The summed E-state index contributed by atoms with van der Waals surface area (Å²) in [6.45, 7) is 4.22. The van der Waals surface area contributed by atoms with Crippen LogP contribution in [0.2, 0.25) is 0 Å². The summed E-state index contributed by atoms with van der Waals surface area (Å²) in [5, 5.41) is 8.46. The third kappa shape index (κ3) is 6.52. The molecule has 0 aliphatic heterocycles. The molecule has 0 saturated heterocycles. The van der Waals surface area contributed by atoms with Gasteiger partial charge in [0.1, 0.15) is 5.75 Å². The van der Waals surface area contributed by atoms with Crippen molar-refractivity contribution in [2.24, 2.45) is 0 Å². The van der Waals surface area contributed by atoms with Gasteiger partial charge in [0, 0.05) is 23.8 Å². The van der Waals surface area contributed by atoms with Gasteiger partial charge in [-0.3, -0.25) is 4.79 Å². The molecule has 1 fully saturated rings. The molecule has 0 heterocycles. The Bertz CT molecular complexity index is 810. The topological polar surface area (TPSA) is 79.5 Å². The van der Waals surface area contributed by atoms with Crippen LogP contribution in [0.15, 0.2) is 48.5 Å². The summed E-state index contributed by atoms with van der Waals surface area (Å²) < 4.78 is 5.93. The average Bonchev–Trinajstić information content (AvgIpc) is 3.20. The molecule has 3 N–H and O–H groups in total. The molecule has 0 aromatic heterocycles. The van der Waals surface area contributed by atoms with Crippen molar-refractivity contribution in [2.45, 2.75) is 58.2 Å². The monoisotopic (exact) mass is 395 g/mol. The molecule has 0 unspecified atom stereocenters. The molecule has 1 saturated carbocycles. The van der Waals surface area contributed by atoms with Gasteiger partial charge in [-0.25, -0.2) is 4.79 Å². The Kier molecular flexibility index (Phi) is 7.11. The van der Waals surface area contributed by atoms with Crippen LogP contribution in [0.5, 0.6) is 5.75 Å². The third-order valence-electron chi connectivity index (χ3n) is 4.81. The molecule has 1 aliphatic carbocycles. The fourth-order valence-electron chi connectivity index (χ4n) is 3.30. The number of rotatable bonds is 7. The molecule has 3 amide bonds. The molecule has 0 spiro atoms. The molecule has 154 valence electrons. The van der Waals surface area contributed by atoms with E-state index in [2.05, 4.69) is 16.0 Å². The van der Waals surface area contributed by atoms with Gasteiger partial charge in [0.15, 0.2) is 0 Å². The highest BCUT2D eigenvalue weighted by atomic mass is 16.5. The van der Waals surface area contributed by atoms with Crippen LogP contribution < -0.4 is 20.7 Å². The van der Waals surface area contributed by atoms with E-state index in [4.69, 9.17) is 4.74 Å².